The molecule has 0 aliphatic carbocycles. The van der Waals surface area contributed by atoms with Crippen LogP contribution in [0.15, 0.2) is 28.7 Å². The molecule has 4 heteroatoms. The molecule has 0 atom stereocenters. The Balaban J connectivity index is 2.24. The molecule has 0 aromatic heterocycles. The van der Waals surface area contributed by atoms with Crippen LogP contribution in [0.1, 0.15) is 19.4 Å². The molecule has 17 heavy (non-hydrogen) atoms. The second kappa shape index (κ2) is 7.77. The van der Waals surface area contributed by atoms with Crippen LogP contribution in [0.2, 0.25) is 0 Å². The summed E-state index contributed by atoms with van der Waals surface area (Å²) < 4.78 is 1.11. The minimum absolute atomic E-state index is 0.121. The van der Waals surface area contributed by atoms with Crippen molar-refractivity contribution in [2.45, 2.75) is 19.6 Å². The van der Waals surface area contributed by atoms with E-state index in [2.05, 4.69) is 41.2 Å². The number of carbonyl (C=O) groups excluding carboxylic acids is 1. The van der Waals surface area contributed by atoms with Gasteiger partial charge in [-0.05, 0) is 17.5 Å². The monoisotopic (exact) mass is 315 g/mol. The molecule has 0 saturated carbocycles. The summed E-state index contributed by atoms with van der Waals surface area (Å²) in [5.74, 6) is 2.01. The molecule has 0 fully saturated rings. The lowest BCUT2D eigenvalue weighted by Gasteiger charge is -2.07. The Morgan fingerprint density at radius 3 is 2.76 bits per heavy atom. The van der Waals surface area contributed by atoms with Gasteiger partial charge >= 0.3 is 0 Å². The van der Waals surface area contributed by atoms with Crippen molar-refractivity contribution in [2.75, 3.05) is 12.3 Å². The molecule has 94 valence electrons. The highest BCUT2D eigenvalue weighted by atomic mass is 79.9. The van der Waals surface area contributed by atoms with Crippen LogP contribution in [0, 0.1) is 5.92 Å². The summed E-state index contributed by atoms with van der Waals surface area (Å²) in [7, 11) is 0. The van der Waals surface area contributed by atoms with Crippen molar-refractivity contribution in [3.05, 3.63) is 34.3 Å². The maximum atomic E-state index is 11.5. The molecule has 0 unspecified atom stereocenters. The molecule has 0 aliphatic rings. The van der Waals surface area contributed by atoms with Crippen molar-refractivity contribution in [3.8, 4) is 0 Å². The zero-order valence-electron chi connectivity index (χ0n) is 10.2. The molecule has 2 nitrogen and oxygen atoms in total. The Kier molecular flexibility index (Phi) is 6.66. The van der Waals surface area contributed by atoms with Crippen LogP contribution in [-0.2, 0) is 10.5 Å². The number of amides is 1. The minimum atomic E-state index is 0.121. The van der Waals surface area contributed by atoms with Crippen molar-refractivity contribution in [1.29, 1.82) is 0 Å². The molecule has 0 saturated heterocycles. The predicted octanol–water partition coefficient (Wildman–Crippen LogP) is 3.45. The first-order chi connectivity index (χ1) is 8.09. The van der Waals surface area contributed by atoms with E-state index in [1.165, 1.54) is 5.56 Å². The van der Waals surface area contributed by atoms with E-state index in [1.54, 1.807) is 11.8 Å². The average Bonchev–Trinajstić information content (AvgIpc) is 2.29. The topological polar surface area (TPSA) is 29.1 Å². The summed E-state index contributed by atoms with van der Waals surface area (Å²) >= 11 is 5.14. The van der Waals surface area contributed by atoms with E-state index in [-0.39, 0.29) is 5.91 Å². The molecule has 0 radical (unpaired) electrons. The van der Waals surface area contributed by atoms with Crippen LogP contribution in [0.25, 0.3) is 0 Å². The summed E-state index contributed by atoms with van der Waals surface area (Å²) in [6, 6.07) is 8.10. The Morgan fingerprint density at radius 1 is 1.41 bits per heavy atom. The van der Waals surface area contributed by atoms with Gasteiger partial charge in [0.1, 0.15) is 0 Å². The molecular formula is C13H18BrNOS. The SMILES string of the molecule is CC(C)CNC(=O)CSCc1ccccc1Br. The van der Waals surface area contributed by atoms with E-state index >= 15 is 0 Å². The fourth-order valence-electron chi connectivity index (χ4n) is 1.24. The molecule has 0 aliphatic heterocycles. The van der Waals surface area contributed by atoms with Gasteiger partial charge < -0.3 is 5.32 Å². The molecule has 0 heterocycles. The first kappa shape index (κ1) is 14.6. The summed E-state index contributed by atoms with van der Waals surface area (Å²) in [5, 5.41) is 2.91. The third-order valence-electron chi connectivity index (χ3n) is 2.16. The van der Waals surface area contributed by atoms with Crippen molar-refractivity contribution in [1.82, 2.24) is 5.32 Å². The molecule has 1 N–H and O–H groups in total. The number of halogens is 1. The van der Waals surface area contributed by atoms with Crippen LogP contribution >= 0.6 is 27.7 Å². The van der Waals surface area contributed by atoms with Gasteiger partial charge in [-0.1, -0.05) is 48.0 Å². The average molecular weight is 316 g/mol. The van der Waals surface area contributed by atoms with E-state index in [9.17, 15) is 4.79 Å². The standard InChI is InChI=1S/C13H18BrNOS/c1-10(2)7-15-13(16)9-17-8-11-5-3-4-6-12(11)14/h3-6,10H,7-9H2,1-2H3,(H,15,16). The zero-order valence-corrected chi connectivity index (χ0v) is 12.6. The highest BCUT2D eigenvalue weighted by Crippen LogP contribution is 2.20. The van der Waals surface area contributed by atoms with Crippen LogP contribution in [0.4, 0.5) is 0 Å². The lowest BCUT2D eigenvalue weighted by molar-refractivity contribution is -0.118. The smallest absolute Gasteiger partial charge is 0.230 e. The number of benzene rings is 1. The van der Waals surface area contributed by atoms with E-state index in [1.807, 2.05) is 18.2 Å². The summed E-state index contributed by atoms with van der Waals surface area (Å²) in [4.78, 5) is 11.5. The van der Waals surface area contributed by atoms with Crippen LogP contribution in [-0.4, -0.2) is 18.2 Å². The predicted molar refractivity (Wildman–Crippen MR) is 78.2 cm³/mol. The van der Waals surface area contributed by atoms with Gasteiger partial charge in [0.05, 0.1) is 5.75 Å². The molecular weight excluding hydrogens is 298 g/mol. The molecule has 1 rings (SSSR count). The molecule has 1 aromatic rings. The molecule has 0 bridgehead atoms. The molecule has 1 amide bonds. The van der Waals surface area contributed by atoms with E-state index in [0.717, 1.165) is 16.8 Å². The fraction of sp³-hybridized carbons (Fsp3) is 0.462. The normalized spacial score (nSPS) is 10.6. The van der Waals surface area contributed by atoms with Gasteiger partial charge in [-0.25, -0.2) is 0 Å². The van der Waals surface area contributed by atoms with Gasteiger partial charge in [0.15, 0.2) is 0 Å². The van der Waals surface area contributed by atoms with Gasteiger partial charge in [0.2, 0.25) is 5.91 Å². The van der Waals surface area contributed by atoms with Crippen LogP contribution < -0.4 is 5.32 Å². The largest absolute Gasteiger partial charge is 0.355 e. The van der Waals surface area contributed by atoms with Crippen LogP contribution in [0.5, 0.6) is 0 Å². The number of rotatable bonds is 6. The van der Waals surface area contributed by atoms with Gasteiger partial charge in [0.25, 0.3) is 0 Å². The quantitative estimate of drug-likeness (QED) is 0.871. The first-order valence-electron chi connectivity index (χ1n) is 5.67. The van der Waals surface area contributed by atoms with E-state index in [4.69, 9.17) is 0 Å². The zero-order chi connectivity index (χ0) is 12.7. The van der Waals surface area contributed by atoms with E-state index < -0.39 is 0 Å². The second-order valence-electron chi connectivity index (χ2n) is 4.28. The van der Waals surface area contributed by atoms with E-state index in [0.29, 0.717) is 11.7 Å². The lowest BCUT2D eigenvalue weighted by Crippen LogP contribution is -2.28. The van der Waals surface area contributed by atoms with Crippen molar-refractivity contribution < 1.29 is 4.79 Å². The van der Waals surface area contributed by atoms with Gasteiger partial charge in [0, 0.05) is 16.8 Å². The fourth-order valence-corrected chi connectivity index (χ4v) is 2.71. The van der Waals surface area contributed by atoms with Crippen molar-refractivity contribution in [3.63, 3.8) is 0 Å². The number of hydrogen-bond acceptors (Lipinski definition) is 2. The molecule has 1 aromatic carbocycles. The van der Waals surface area contributed by atoms with Gasteiger partial charge in [-0.2, -0.15) is 0 Å². The number of thioether (sulfide) groups is 1. The second-order valence-corrected chi connectivity index (χ2v) is 6.12. The number of nitrogens with one attached hydrogen (secondary N) is 1. The highest BCUT2D eigenvalue weighted by Gasteiger charge is 2.04. The minimum Gasteiger partial charge on any atom is -0.355 e. The van der Waals surface area contributed by atoms with Crippen LogP contribution in [0.3, 0.4) is 0 Å². The maximum absolute atomic E-state index is 11.5. The Morgan fingerprint density at radius 2 is 2.12 bits per heavy atom. The Bertz CT molecular complexity index is 368. The Hall–Kier alpha value is -0.480. The van der Waals surface area contributed by atoms with Crippen molar-refractivity contribution >= 4 is 33.6 Å². The first-order valence-corrected chi connectivity index (χ1v) is 7.62. The van der Waals surface area contributed by atoms with Gasteiger partial charge in [-0.3, -0.25) is 4.79 Å². The summed E-state index contributed by atoms with van der Waals surface area (Å²) in [6.07, 6.45) is 0. The maximum Gasteiger partial charge on any atom is 0.230 e. The Labute approximate surface area is 116 Å². The highest BCUT2D eigenvalue weighted by molar-refractivity contribution is 9.10. The lowest BCUT2D eigenvalue weighted by atomic mass is 10.2. The third-order valence-corrected chi connectivity index (χ3v) is 3.91. The summed E-state index contributed by atoms with van der Waals surface area (Å²) in [5.41, 5.74) is 1.23. The third kappa shape index (κ3) is 6.13. The number of hydrogen-bond donors (Lipinski definition) is 1. The molecule has 0 spiro atoms. The van der Waals surface area contributed by atoms with Crippen molar-refractivity contribution in [2.24, 2.45) is 5.92 Å². The summed E-state index contributed by atoms with van der Waals surface area (Å²) in [6.45, 7) is 4.94. The number of carbonyl (C=O) groups is 1. The van der Waals surface area contributed by atoms with Gasteiger partial charge in [-0.15, -0.1) is 11.8 Å².